The molecule has 0 aromatic heterocycles. The van der Waals surface area contributed by atoms with Crippen molar-refractivity contribution in [1.29, 1.82) is 0 Å². The molecule has 0 saturated heterocycles. The molecule has 0 bridgehead atoms. The van der Waals surface area contributed by atoms with Gasteiger partial charge in [0.25, 0.3) is 0 Å². The maximum Gasteiger partial charge on any atom is 0.328 e. The zero-order valence-corrected chi connectivity index (χ0v) is 13.1. The van der Waals surface area contributed by atoms with Crippen LogP contribution in [0.3, 0.4) is 0 Å². The van der Waals surface area contributed by atoms with Gasteiger partial charge in [-0.2, -0.15) is 0 Å². The van der Waals surface area contributed by atoms with Gasteiger partial charge < -0.3 is 15.3 Å². The number of benzene rings is 2. The van der Waals surface area contributed by atoms with Crippen LogP contribution in [0.2, 0.25) is 0 Å². The van der Waals surface area contributed by atoms with E-state index in [1.165, 1.54) is 30.5 Å². The standard InChI is InChI=1S/C16H14BrNO4/c17-12-5-11(6-14(20)8-12)9-18-15(16(21)22)7-10-1-3-13(19)4-2-10/h1-6,8-9,15,19-20H,7H2,(H,21,22). The fourth-order valence-corrected chi connectivity index (χ4v) is 2.40. The number of hydrogen-bond donors (Lipinski definition) is 3. The van der Waals surface area contributed by atoms with Gasteiger partial charge in [-0.25, -0.2) is 4.79 Å². The van der Waals surface area contributed by atoms with Crippen LogP contribution in [0.5, 0.6) is 11.5 Å². The minimum absolute atomic E-state index is 0.0706. The summed E-state index contributed by atoms with van der Waals surface area (Å²) in [5.74, 6) is -0.839. The monoisotopic (exact) mass is 363 g/mol. The molecule has 2 rings (SSSR count). The first kappa shape index (κ1) is 16.0. The lowest BCUT2D eigenvalue weighted by Crippen LogP contribution is -2.20. The Bertz CT molecular complexity index is 678. The normalized spacial score (nSPS) is 12.4. The van der Waals surface area contributed by atoms with Crippen LogP contribution in [0.25, 0.3) is 0 Å². The highest BCUT2D eigenvalue weighted by atomic mass is 79.9. The van der Waals surface area contributed by atoms with E-state index >= 15 is 0 Å². The summed E-state index contributed by atoms with van der Waals surface area (Å²) in [7, 11) is 0. The highest BCUT2D eigenvalue weighted by molar-refractivity contribution is 9.10. The van der Waals surface area contributed by atoms with Gasteiger partial charge >= 0.3 is 5.97 Å². The lowest BCUT2D eigenvalue weighted by Gasteiger charge is -2.08. The molecule has 3 N–H and O–H groups in total. The number of hydrogen-bond acceptors (Lipinski definition) is 4. The summed E-state index contributed by atoms with van der Waals surface area (Å²) >= 11 is 3.25. The molecule has 0 spiro atoms. The van der Waals surface area contributed by atoms with Crippen LogP contribution in [0.1, 0.15) is 11.1 Å². The molecule has 0 aliphatic heterocycles. The zero-order valence-electron chi connectivity index (χ0n) is 11.5. The molecule has 0 heterocycles. The molecule has 5 nitrogen and oxygen atoms in total. The number of carboxylic acids is 1. The third-order valence-electron chi connectivity index (χ3n) is 2.96. The van der Waals surface area contributed by atoms with E-state index in [4.69, 9.17) is 0 Å². The van der Waals surface area contributed by atoms with Crippen molar-refractivity contribution in [2.24, 2.45) is 4.99 Å². The van der Waals surface area contributed by atoms with E-state index in [9.17, 15) is 20.1 Å². The number of aliphatic imine (C=N–C) groups is 1. The van der Waals surface area contributed by atoms with E-state index in [1.54, 1.807) is 18.2 Å². The molecular formula is C16H14BrNO4. The van der Waals surface area contributed by atoms with Crippen molar-refractivity contribution in [2.75, 3.05) is 0 Å². The molecule has 0 saturated carbocycles. The SMILES string of the molecule is O=C(O)C(Cc1ccc(O)cc1)N=Cc1cc(O)cc(Br)c1. The van der Waals surface area contributed by atoms with Gasteiger partial charge in [-0.3, -0.25) is 4.99 Å². The minimum atomic E-state index is -1.04. The molecule has 1 atom stereocenters. The summed E-state index contributed by atoms with van der Waals surface area (Å²) in [4.78, 5) is 15.4. The molecule has 114 valence electrons. The van der Waals surface area contributed by atoms with Crippen molar-refractivity contribution in [1.82, 2.24) is 0 Å². The maximum atomic E-state index is 11.3. The molecule has 0 aliphatic rings. The number of aromatic hydroxyl groups is 2. The van der Waals surface area contributed by atoms with Crippen molar-refractivity contribution in [2.45, 2.75) is 12.5 Å². The van der Waals surface area contributed by atoms with E-state index in [-0.39, 0.29) is 17.9 Å². The highest BCUT2D eigenvalue weighted by Crippen LogP contribution is 2.19. The second kappa shape index (κ2) is 7.09. The van der Waals surface area contributed by atoms with Crippen molar-refractivity contribution in [3.8, 4) is 11.5 Å². The molecule has 6 heteroatoms. The molecule has 1 unspecified atom stereocenters. The van der Waals surface area contributed by atoms with Crippen LogP contribution in [0.15, 0.2) is 51.9 Å². The predicted molar refractivity (Wildman–Crippen MR) is 86.6 cm³/mol. The highest BCUT2D eigenvalue weighted by Gasteiger charge is 2.16. The van der Waals surface area contributed by atoms with Crippen molar-refractivity contribution >= 4 is 28.1 Å². The zero-order chi connectivity index (χ0) is 16.1. The first-order chi connectivity index (χ1) is 10.4. The van der Waals surface area contributed by atoms with Gasteiger partial charge in [-0.1, -0.05) is 28.1 Å². The van der Waals surface area contributed by atoms with Crippen LogP contribution in [0.4, 0.5) is 0 Å². The number of phenols is 2. The fourth-order valence-electron chi connectivity index (χ4n) is 1.91. The topological polar surface area (TPSA) is 90.1 Å². The van der Waals surface area contributed by atoms with Gasteiger partial charge in [0.05, 0.1) is 0 Å². The van der Waals surface area contributed by atoms with Crippen LogP contribution < -0.4 is 0 Å². The van der Waals surface area contributed by atoms with Gasteiger partial charge in [0.2, 0.25) is 0 Å². The van der Waals surface area contributed by atoms with E-state index in [0.717, 1.165) is 5.56 Å². The molecular weight excluding hydrogens is 350 g/mol. The summed E-state index contributed by atoms with van der Waals surface area (Å²) in [5.41, 5.74) is 1.36. The minimum Gasteiger partial charge on any atom is -0.508 e. The third kappa shape index (κ3) is 4.60. The summed E-state index contributed by atoms with van der Waals surface area (Å²) in [6, 6.07) is 10.1. The second-order valence-corrected chi connectivity index (χ2v) is 5.66. The van der Waals surface area contributed by atoms with E-state index < -0.39 is 12.0 Å². The Balaban J connectivity index is 2.16. The van der Waals surface area contributed by atoms with Gasteiger partial charge in [-0.05, 0) is 41.5 Å². The van der Waals surface area contributed by atoms with Gasteiger partial charge in [0, 0.05) is 17.1 Å². The summed E-state index contributed by atoms with van der Waals surface area (Å²) in [5, 5.41) is 28.0. The number of carbonyl (C=O) groups is 1. The van der Waals surface area contributed by atoms with E-state index in [0.29, 0.717) is 10.0 Å². The average molecular weight is 364 g/mol. The Kier molecular flexibility index (Phi) is 5.16. The number of carboxylic acid groups (broad SMARTS) is 1. The summed E-state index contributed by atoms with van der Waals surface area (Å²) in [6.45, 7) is 0. The molecule has 0 fully saturated rings. The maximum absolute atomic E-state index is 11.3. The van der Waals surface area contributed by atoms with Gasteiger partial charge in [-0.15, -0.1) is 0 Å². The fraction of sp³-hybridized carbons (Fsp3) is 0.125. The predicted octanol–water partition coefficient (Wildman–Crippen LogP) is 2.98. The molecule has 0 aliphatic carbocycles. The van der Waals surface area contributed by atoms with Crippen LogP contribution in [-0.4, -0.2) is 33.5 Å². The van der Waals surface area contributed by atoms with E-state index in [1.807, 2.05) is 0 Å². The first-order valence-electron chi connectivity index (χ1n) is 6.47. The van der Waals surface area contributed by atoms with Crippen molar-refractivity contribution in [3.63, 3.8) is 0 Å². The molecule has 0 radical (unpaired) electrons. The summed E-state index contributed by atoms with van der Waals surface area (Å²) < 4.78 is 0.680. The molecule has 22 heavy (non-hydrogen) atoms. The Morgan fingerprint density at radius 2 is 1.82 bits per heavy atom. The molecule has 2 aromatic rings. The van der Waals surface area contributed by atoms with Gasteiger partial charge in [0.15, 0.2) is 6.04 Å². The van der Waals surface area contributed by atoms with Crippen molar-refractivity contribution < 1.29 is 20.1 Å². The Hall–Kier alpha value is -2.34. The molecule has 2 aromatic carbocycles. The summed E-state index contributed by atoms with van der Waals surface area (Å²) in [6.07, 6.45) is 1.63. The lowest BCUT2D eigenvalue weighted by atomic mass is 10.1. The first-order valence-corrected chi connectivity index (χ1v) is 7.27. The Morgan fingerprint density at radius 3 is 2.41 bits per heavy atom. The lowest BCUT2D eigenvalue weighted by molar-refractivity contribution is -0.138. The Morgan fingerprint density at radius 1 is 1.14 bits per heavy atom. The third-order valence-corrected chi connectivity index (χ3v) is 3.42. The number of aliphatic carboxylic acids is 1. The number of nitrogens with zero attached hydrogens (tertiary/aromatic N) is 1. The van der Waals surface area contributed by atoms with Crippen LogP contribution in [0, 0.1) is 0 Å². The number of phenolic OH excluding ortho intramolecular Hbond substituents is 2. The largest absolute Gasteiger partial charge is 0.508 e. The van der Waals surface area contributed by atoms with Crippen LogP contribution in [-0.2, 0) is 11.2 Å². The quantitative estimate of drug-likeness (QED) is 0.712. The molecule has 0 amide bonds. The smallest absolute Gasteiger partial charge is 0.328 e. The number of halogens is 1. The second-order valence-electron chi connectivity index (χ2n) is 4.75. The van der Waals surface area contributed by atoms with Gasteiger partial charge in [0.1, 0.15) is 11.5 Å². The number of rotatable bonds is 5. The Labute approximate surface area is 135 Å². The average Bonchev–Trinajstić information content (AvgIpc) is 2.44. The van der Waals surface area contributed by atoms with Crippen LogP contribution >= 0.6 is 15.9 Å². The van der Waals surface area contributed by atoms with E-state index in [2.05, 4.69) is 20.9 Å². The van der Waals surface area contributed by atoms with Crippen molar-refractivity contribution in [3.05, 3.63) is 58.1 Å².